The van der Waals surface area contributed by atoms with Gasteiger partial charge in [-0.05, 0) is 5.92 Å². The largest absolute Gasteiger partial charge is 0.160 e. The fourth-order valence-corrected chi connectivity index (χ4v) is 1.50. The van der Waals surface area contributed by atoms with E-state index in [2.05, 4.69) is 13.8 Å². The molecule has 0 aliphatic carbocycles. The van der Waals surface area contributed by atoms with Gasteiger partial charge in [-0.2, -0.15) is 0 Å². The SMILES string of the molecule is CC(C)C[PH+]=S. The quantitative estimate of drug-likeness (QED) is 0.502. The standard InChI is InChI=1S/C4H9PS/c1-4(2)3-5-6/h4H,3H2,1-2H3/p+1. The molecule has 2 heteroatoms. The molecule has 0 aromatic heterocycles. The maximum atomic E-state index is 4.76. The number of hydrogen-bond donors (Lipinski definition) is 0. The van der Waals surface area contributed by atoms with Crippen LogP contribution in [0.5, 0.6) is 0 Å². The van der Waals surface area contributed by atoms with E-state index in [1.165, 1.54) is 6.16 Å². The summed E-state index contributed by atoms with van der Waals surface area (Å²) in [6.45, 7) is 4.39. The zero-order chi connectivity index (χ0) is 4.99. The average Bonchev–Trinajstić information content (AvgIpc) is 1.35. The van der Waals surface area contributed by atoms with Crippen molar-refractivity contribution in [3.05, 3.63) is 0 Å². The Bertz CT molecular complexity index is 42.8. The Hall–Kier alpha value is 0.520. The van der Waals surface area contributed by atoms with E-state index in [1.807, 2.05) is 0 Å². The van der Waals surface area contributed by atoms with Gasteiger partial charge < -0.3 is 0 Å². The molecule has 0 aromatic carbocycles. The molecule has 0 amide bonds. The van der Waals surface area contributed by atoms with Gasteiger partial charge in [-0.15, -0.1) is 0 Å². The molecule has 1 atom stereocenters. The highest BCUT2D eigenvalue weighted by Gasteiger charge is 1.91. The second kappa shape index (κ2) is 3.70. The van der Waals surface area contributed by atoms with E-state index in [9.17, 15) is 0 Å². The zero-order valence-electron chi connectivity index (χ0n) is 4.19. The van der Waals surface area contributed by atoms with Crippen molar-refractivity contribution in [3.63, 3.8) is 0 Å². The lowest BCUT2D eigenvalue weighted by molar-refractivity contribution is 0.750. The molecule has 0 fully saturated rings. The first kappa shape index (κ1) is 6.52. The van der Waals surface area contributed by atoms with Crippen molar-refractivity contribution in [2.45, 2.75) is 13.8 Å². The second-order valence-corrected chi connectivity index (χ2v) is 3.31. The van der Waals surface area contributed by atoms with E-state index in [0.717, 1.165) is 13.3 Å². The van der Waals surface area contributed by atoms with Gasteiger partial charge in [-0.25, -0.2) is 0 Å². The maximum absolute atomic E-state index is 4.76. The van der Waals surface area contributed by atoms with Gasteiger partial charge in [0.25, 0.3) is 0 Å². The molecule has 0 saturated heterocycles. The Kier molecular flexibility index (Phi) is 4.02. The van der Waals surface area contributed by atoms with E-state index >= 15 is 0 Å². The van der Waals surface area contributed by atoms with Crippen LogP contribution in [0.15, 0.2) is 0 Å². The van der Waals surface area contributed by atoms with Crippen molar-refractivity contribution in [2.75, 3.05) is 6.16 Å². The monoisotopic (exact) mass is 121 g/mol. The molecule has 0 saturated carbocycles. The highest BCUT2D eigenvalue weighted by atomic mass is 32.4. The molecule has 0 heterocycles. The fourth-order valence-electron chi connectivity index (χ4n) is 0.167. The summed E-state index contributed by atoms with van der Waals surface area (Å²) in [5.74, 6) is 0.806. The van der Waals surface area contributed by atoms with Gasteiger partial charge in [0.15, 0.2) is 19.2 Å². The highest BCUT2D eigenvalue weighted by molar-refractivity contribution is 7.96. The molecule has 36 valence electrons. The third-order valence-electron chi connectivity index (χ3n) is 0.492. The summed E-state index contributed by atoms with van der Waals surface area (Å²) < 4.78 is 0. The minimum absolute atomic E-state index is 0.721. The summed E-state index contributed by atoms with van der Waals surface area (Å²) in [5, 5.41) is 0. The van der Waals surface area contributed by atoms with Crippen LogP contribution in [0, 0.1) is 5.92 Å². The van der Waals surface area contributed by atoms with Crippen LogP contribution in [-0.4, -0.2) is 6.16 Å². The summed E-state index contributed by atoms with van der Waals surface area (Å²) in [5.41, 5.74) is 0. The van der Waals surface area contributed by atoms with Gasteiger partial charge in [0.05, 0.1) is 0 Å². The van der Waals surface area contributed by atoms with Crippen molar-refractivity contribution < 1.29 is 0 Å². The summed E-state index contributed by atoms with van der Waals surface area (Å²) in [6, 6.07) is 0. The summed E-state index contributed by atoms with van der Waals surface area (Å²) in [4.78, 5) is 0. The van der Waals surface area contributed by atoms with Gasteiger partial charge >= 0.3 is 0 Å². The molecular weight excluding hydrogens is 111 g/mol. The maximum Gasteiger partial charge on any atom is 0.160 e. The summed E-state index contributed by atoms with van der Waals surface area (Å²) >= 11 is 4.76. The topological polar surface area (TPSA) is 0 Å². The van der Waals surface area contributed by atoms with Gasteiger partial charge in [-0.3, -0.25) is 0 Å². The number of hydrogen-bond acceptors (Lipinski definition) is 1. The smallest absolute Gasteiger partial charge is 0.0588 e. The lowest BCUT2D eigenvalue weighted by atomic mass is 10.3. The lowest BCUT2D eigenvalue weighted by Gasteiger charge is -1.84. The first-order valence-electron chi connectivity index (χ1n) is 2.12. The predicted molar refractivity (Wildman–Crippen MR) is 35.4 cm³/mol. The Labute approximate surface area is 45.8 Å². The normalized spacial score (nSPS) is 10.5. The molecule has 0 aromatic rings. The van der Waals surface area contributed by atoms with Crippen molar-refractivity contribution in [2.24, 2.45) is 5.92 Å². The molecular formula is C4H10PS+. The van der Waals surface area contributed by atoms with Crippen molar-refractivity contribution in [1.82, 2.24) is 0 Å². The molecule has 0 rings (SSSR count). The Balaban J connectivity index is 2.81. The molecule has 0 nitrogen and oxygen atoms in total. The van der Waals surface area contributed by atoms with Crippen LogP contribution in [0.2, 0.25) is 0 Å². The third-order valence-corrected chi connectivity index (χ3v) is 1.97. The summed E-state index contributed by atoms with van der Waals surface area (Å²) in [6.07, 6.45) is 1.22. The molecule has 0 radical (unpaired) electrons. The van der Waals surface area contributed by atoms with Crippen LogP contribution in [0.1, 0.15) is 13.8 Å². The van der Waals surface area contributed by atoms with Crippen LogP contribution in [0.4, 0.5) is 0 Å². The van der Waals surface area contributed by atoms with Gasteiger partial charge in [0, 0.05) is 0 Å². The Morgan fingerprint density at radius 2 is 2.17 bits per heavy atom. The van der Waals surface area contributed by atoms with Gasteiger partial charge in [0.2, 0.25) is 0 Å². The predicted octanol–water partition coefficient (Wildman–Crippen LogP) is 1.78. The Morgan fingerprint density at radius 1 is 1.67 bits per heavy atom. The van der Waals surface area contributed by atoms with E-state index in [1.54, 1.807) is 0 Å². The number of rotatable bonds is 2. The van der Waals surface area contributed by atoms with Crippen LogP contribution >= 0.6 is 7.36 Å². The van der Waals surface area contributed by atoms with E-state index in [4.69, 9.17) is 11.8 Å². The van der Waals surface area contributed by atoms with Gasteiger partial charge in [0.1, 0.15) is 6.16 Å². The van der Waals surface area contributed by atoms with Crippen LogP contribution < -0.4 is 0 Å². The molecule has 1 unspecified atom stereocenters. The lowest BCUT2D eigenvalue weighted by Crippen LogP contribution is -1.83. The van der Waals surface area contributed by atoms with Crippen LogP contribution in [-0.2, 0) is 11.8 Å². The van der Waals surface area contributed by atoms with E-state index < -0.39 is 0 Å². The van der Waals surface area contributed by atoms with E-state index in [-0.39, 0.29) is 0 Å². The summed E-state index contributed by atoms with van der Waals surface area (Å²) in [7, 11) is 0.721. The molecule has 6 heavy (non-hydrogen) atoms. The zero-order valence-corrected chi connectivity index (χ0v) is 6.01. The molecule has 0 aliphatic heterocycles. The van der Waals surface area contributed by atoms with Crippen LogP contribution in [0.25, 0.3) is 0 Å². The molecule has 0 N–H and O–H groups in total. The van der Waals surface area contributed by atoms with E-state index in [0.29, 0.717) is 0 Å². The second-order valence-electron chi connectivity index (χ2n) is 1.74. The van der Waals surface area contributed by atoms with Gasteiger partial charge in [-0.1, -0.05) is 13.8 Å². The minimum Gasteiger partial charge on any atom is -0.0588 e. The molecule has 0 aliphatic rings. The van der Waals surface area contributed by atoms with Crippen LogP contribution in [0.3, 0.4) is 0 Å². The molecule has 0 spiro atoms. The highest BCUT2D eigenvalue weighted by Crippen LogP contribution is 2.00. The van der Waals surface area contributed by atoms with Crippen molar-refractivity contribution >= 4 is 19.2 Å². The Morgan fingerprint density at radius 3 is 2.17 bits per heavy atom. The average molecular weight is 121 g/mol. The molecule has 0 bridgehead atoms. The van der Waals surface area contributed by atoms with Crippen molar-refractivity contribution in [3.8, 4) is 0 Å². The van der Waals surface area contributed by atoms with Crippen molar-refractivity contribution in [1.29, 1.82) is 0 Å². The third kappa shape index (κ3) is 4.52. The minimum atomic E-state index is 0.721. The fraction of sp³-hybridized carbons (Fsp3) is 1.00. The first-order valence-corrected chi connectivity index (χ1v) is 4.46. The first-order chi connectivity index (χ1) is 2.77.